The molecule has 1 aromatic heterocycles. The Labute approximate surface area is 180 Å². The number of nitrogens with two attached hydrogens (primary N) is 1. The molecular formula is C20H16ClF2N5OS. The molecule has 6 nitrogen and oxygen atoms in total. The summed E-state index contributed by atoms with van der Waals surface area (Å²) in [7, 11) is 0. The van der Waals surface area contributed by atoms with E-state index in [0.29, 0.717) is 11.4 Å². The minimum Gasteiger partial charge on any atom is -0.378 e. The second-order valence-electron chi connectivity index (χ2n) is 7.28. The normalized spacial score (nSPS) is 26.9. The number of aromatic nitrogens is 1. The Hall–Kier alpha value is -2.70. The monoisotopic (exact) mass is 447 g/mol. The van der Waals surface area contributed by atoms with Crippen LogP contribution in [0, 0.1) is 23.1 Å². The molecule has 4 rings (SSSR count). The highest BCUT2D eigenvalue weighted by molar-refractivity contribution is 8.15. The van der Waals surface area contributed by atoms with Gasteiger partial charge in [0.15, 0.2) is 5.17 Å². The molecule has 1 amide bonds. The van der Waals surface area contributed by atoms with E-state index >= 15 is 0 Å². The first kappa shape index (κ1) is 20.6. The summed E-state index contributed by atoms with van der Waals surface area (Å²) in [5.74, 6) is -1.55. The van der Waals surface area contributed by atoms with Gasteiger partial charge in [-0.3, -0.25) is 4.79 Å². The molecule has 1 aliphatic carbocycles. The van der Waals surface area contributed by atoms with Crippen molar-refractivity contribution in [2.45, 2.75) is 23.1 Å². The van der Waals surface area contributed by atoms with Gasteiger partial charge < -0.3 is 11.1 Å². The zero-order chi connectivity index (χ0) is 21.5. The highest BCUT2D eigenvalue weighted by Crippen LogP contribution is 2.67. The topological polar surface area (TPSA) is 104 Å². The average Bonchev–Trinajstić information content (AvgIpc) is 3.43. The van der Waals surface area contributed by atoms with Crippen LogP contribution in [0.2, 0.25) is 5.02 Å². The molecule has 3 N–H and O–H groups in total. The number of amidine groups is 1. The molecule has 30 heavy (non-hydrogen) atoms. The molecule has 0 saturated heterocycles. The molecule has 2 aliphatic rings. The molecule has 0 spiro atoms. The van der Waals surface area contributed by atoms with Gasteiger partial charge in [0.25, 0.3) is 5.91 Å². The number of anilines is 1. The van der Waals surface area contributed by atoms with Crippen LogP contribution >= 0.6 is 23.4 Å². The van der Waals surface area contributed by atoms with Crippen molar-refractivity contribution in [2.24, 2.45) is 16.6 Å². The van der Waals surface area contributed by atoms with Gasteiger partial charge in [0.1, 0.15) is 23.7 Å². The van der Waals surface area contributed by atoms with Crippen LogP contribution in [-0.4, -0.2) is 27.5 Å². The Bertz CT molecular complexity index is 1090. The van der Waals surface area contributed by atoms with Gasteiger partial charge in [-0.1, -0.05) is 23.4 Å². The van der Waals surface area contributed by atoms with E-state index < -0.39 is 28.7 Å². The van der Waals surface area contributed by atoms with Gasteiger partial charge in [-0.05, 0) is 36.8 Å². The third-order valence-electron chi connectivity index (χ3n) is 5.45. The Balaban J connectivity index is 1.69. The first-order valence-corrected chi connectivity index (χ1v) is 10.2. The Morgan fingerprint density at radius 1 is 1.43 bits per heavy atom. The molecule has 1 aromatic carbocycles. The number of nitriles is 1. The van der Waals surface area contributed by atoms with Gasteiger partial charge >= 0.3 is 0 Å². The van der Waals surface area contributed by atoms with Crippen molar-refractivity contribution in [1.29, 1.82) is 5.26 Å². The predicted octanol–water partition coefficient (Wildman–Crippen LogP) is 4.03. The molecule has 2 heterocycles. The van der Waals surface area contributed by atoms with Crippen LogP contribution in [-0.2, 0) is 5.54 Å². The number of amides is 1. The van der Waals surface area contributed by atoms with E-state index in [1.54, 1.807) is 0 Å². The Morgan fingerprint density at radius 2 is 2.23 bits per heavy atom. The predicted molar refractivity (Wildman–Crippen MR) is 112 cm³/mol. The number of halogens is 3. The number of rotatable bonds is 5. The molecule has 0 unspecified atom stereocenters. The number of thioether (sulfide) groups is 1. The van der Waals surface area contributed by atoms with Crippen LogP contribution in [0.15, 0.2) is 41.5 Å². The lowest BCUT2D eigenvalue weighted by Gasteiger charge is -2.34. The molecule has 154 valence electrons. The van der Waals surface area contributed by atoms with Crippen LogP contribution in [0.4, 0.5) is 14.5 Å². The van der Waals surface area contributed by atoms with Crippen LogP contribution in [0.1, 0.15) is 28.9 Å². The number of nitrogens with zero attached hydrogens (tertiary/aromatic N) is 3. The summed E-state index contributed by atoms with van der Waals surface area (Å²) < 4.78 is 28.7. The Kier molecular flexibility index (Phi) is 5.16. The fourth-order valence-corrected chi connectivity index (χ4v) is 5.42. The van der Waals surface area contributed by atoms with Crippen molar-refractivity contribution in [3.63, 3.8) is 0 Å². The summed E-state index contributed by atoms with van der Waals surface area (Å²) >= 11 is 7.03. The summed E-state index contributed by atoms with van der Waals surface area (Å²) in [5, 5.41) is 12.3. The second-order valence-corrected chi connectivity index (χ2v) is 9.15. The SMILES string of the molecule is N#CC[C@]12C[C@H]1[C@@](CF)(c1cc(NC(=O)c3ccc(Cl)cn3)ccc1F)N=C(N)S2. The van der Waals surface area contributed by atoms with E-state index in [9.17, 15) is 13.6 Å². The van der Waals surface area contributed by atoms with Crippen molar-refractivity contribution in [3.05, 3.63) is 58.6 Å². The quantitative estimate of drug-likeness (QED) is 0.720. The molecule has 3 atom stereocenters. The fraction of sp³-hybridized carbons (Fsp3) is 0.300. The van der Waals surface area contributed by atoms with E-state index in [1.807, 2.05) is 0 Å². The molecule has 0 radical (unpaired) electrons. The lowest BCUT2D eigenvalue weighted by atomic mass is 9.84. The molecule has 0 bridgehead atoms. The van der Waals surface area contributed by atoms with E-state index in [2.05, 4.69) is 21.4 Å². The van der Waals surface area contributed by atoms with Crippen molar-refractivity contribution in [3.8, 4) is 6.07 Å². The maximum Gasteiger partial charge on any atom is 0.274 e. The maximum absolute atomic E-state index is 14.8. The first-order valence-electron chi connectivity index (χ1n) is 9.04. The summed E-state index contributed by atoms with van der Waals surface area (Å²) in [6.45, 7) is -0.973. The summed E-state index contributed by atoms with van der Waals surface area (Å²) in [4.78, 5) is 20.7. The number of nitrogens with one attached hydrogen (secondary N) is 1. The fourth-order valence-electron chi connectivity index (χ4n) is 3.96. The van der Waals surface area contributed by atoms with Crippen LogP contribution < -0.4 is 11.1 Å². The van der Waals surface area contributed by atoms with Crippen molar-refractivity contribution >= 4 is 40.1 Å². The number of fused-ring (bicyclic) bond motifs is 1. The smallest absolute Gasteiger partial charge is 0.274 e. The maximum atomic E-state index is 14.8. The van der Waals surface area contributed by atoms with E-state index in [-0.39, 0.29) is 34.5 Å². The van der Waals surface area contributed by atoms with Gasteiger partial charge in [0.05, 0.1) is 17.5 Å². The summed E-state index contributed by atoms with van der Waals surface area (Å²) in [5.41, 5.74) is 4.79. The van der Waals surface area contributed by atoms with Crippen molar-refractivity contribution in [1.82, 2.24) is 4.98 Å². The van der Waals surface area contributed by atoms with Gasteiger partial charge in [-0.25, -0.2) is 18.8 Å². The number of aliphatic imine (C=N–C) groups is 1. The lowest BCUT2D eigenvalue weighted by Crippen LogP contribution is -2.40. The molecule has 1 fully saturated rings. The number of hydrogen-bond acceptors (Lipinski definition) is 6. The molecule has 10 heteroatoms. The summed E-state index contributed by atoms with van der Waals surface area (Å²) in [6.07, 6.45) is 2.01. The van der Waals surface area contributed by atoms with Crippen molar-refractivity contribution in [2.75, 3.05) is 12.0 Å². The average molecular weight is 448 g/mol. The zero-order valence-corrected chi connectivity index (χ0v) is 17.1. The minimum atomic E-state index is -1.53. The van der Waals surface area contributed by atoms with Gasteiger partial charge in [0, 0.05) is 28.1 Å². The largest absolute Gasteiger partial charge is 0.378 e. The highest BCUT2D eigenvalue weighted by Gasteiger charge is 2.68. The minimum absolute atomic E-state index is 0.0000647. The van der Waals surface area contributed by atoms with Crippen LogP contribution in [0.5, 0.6) is 0 Å². The second kappa shape index (κ2) is 7.52. The van der Waals surface area contributed by atoms with Crippen LogP contribution in [0.25, 0.3) is 0 Å². The lowest BCUT2D eigenvalue weighted by molar-refractivity contribution is 0.102. The number of alkyl halides is 1. The third-order valence-corrected chi connectivity index (χ3v) is 6.98. The van der Waals surface area contributed by atoms with Crippen molar-refractivity contribution < 1.29 is 13.6 Å². The number of carbonyl (C=O) groups excluding carboxylic acids is 1. The van der Waals surface area contributed by atoms with Gasteiger partial charge in [-0.2, -0.15) is 5.26 Å². The number of hydrogen-bond donors (Lipinski definition) is 2. The summed E-state index contributed by atoms with van der Waals surface area (Å²) in [6, 6.07) is 8.98. The molecule has 1 aliphatic heterocycles. The standard InChI is InChI=1S/C20H16ClF2N5OS/c21-11-1-4-15(26-9-11)17(29)27-12-2-3-14(23)13(7-12)20(10-22)16-8-19(16,5-6-24)30-18(25)28-20/h1-4,7,9,16H,5,8,10H2,(H2,25,28)(H,27,29)/t16-,19+,20-/m1/s1. The van der Waals surface area contributed by atoms with E-state index in [4.69, 9.17) is 22.6 Å². The Morgan fingerprint density at radius 3 is 2.90 bits per heavy atom. The van der Waals surface area contributed by atoms with Gasteiger partial charge in [0.2, 0.25) is 0 Å². The zero-order valence-electron chi connectivity index (χ0n) is 15.5. The first-order chi connectivity index (χ1) is 14.3. The van der Waals surface area contributed by atoms with E-state index in [0.717, 1.165) is 6.07 Å². The molecular weight excluding hydrogens is 432 g/mol. The number of benzene rings is 1. The molecule has 2 aromatic rings. The number of carbonyl (C=O) groups is 1. The van der Waals surface area contributed by atoms with E-state index in [1.165, 1.54) is 42.2 Å². The third kappa shape index (κ3) is 3.40. The number of pyridine rings is 1. The van der Waals surface area contributed by atoms with Gasteiger partial charge in [-0.15, -0.1) is 0 Å². The van der Waals surface area contributed by atoms with Crippen LogP contribution in [0.3, 0.4) is 0 Å². The molecule has 1 saturated carbocycles. The highest BCUT2D eigenvalue weighted by atomic mass is 35.5.